The molecule has 1 aliphatic rings. The molecule has 0 spiro atoms. The molecule has 0 heterocycles. The highest BCUT2D eigenvalue weighted by molar-refractivity contribution is 5.81. The van der Waals surface area contributed by atoms with Gasteiger partial charge in [0.05, 0.1) is 19.3 Å². The molecule has 0 saturated heterocycles. The van der Waals surface area contributed by atoms with Crippen molar-refractivity contribution in [2.45, 2.75) is 12.8 Å². The Morgan fingerprint density at radius 1 is 1.41 bits per heavy atom. The van der Waals surface area contributed by atoms with E-state index in [1.807, 2.05) is 24.3 Å². The first-order valence-corrected chi connectivity index (χ1v) is 5.93. The zero-order chi connectivity index (χ0) is 12.1. The number of rotatable bonds is 6. The van der Waals surface area contributed by atoms with Crippen LogP contribution in [-0.2, 0) is 4.79 Å². The van der Waals surface area contributed by atoms with Crippen LogP contribution in [-0.4, -0.2) is 26.1 Å². The second kappa shape index (κ2) is 5.57. The van der Waals surface area contributed by atoms with Crippen molar-refractivity contribution in [2.24, 2.45) is 5.92 Å². The van der Waals surface area contributed by atoms with E-state index in [1.165, 1.54) is 12.8 Å². The van der Waals surface area contributed by atoms with Gasteiger partial charge in [0.1, 0.15) is 5.75 Å². The summed E-state index contributed by atoms with van der Waals surface area (Å²) in [5.41, 5.74) is 0.844. The molecule has 1 fully saturated rings. The number of anilines is 1. The summed E-state index contributed by atoms with van der Waals surface area (Å²) in [5, 5.41) is 5.98. The smallest absolute Gasteiger partial charge is 0.239 e. The zero-order valence-electron chi connectivity index (χ0n) is 10.0. The summed E-state index contributed by atoms with van der Waals surface area (Å²) < 4.78 is 5.19. The summed E-state index contributed by atoms with van der Waals surface area (Å²) in [4.78, 5) is 11.5. The quantitative estimate of drug-likeness (QED) is 0.786. The number of hydrogen-bond acceptors (Lipinski definition) is 3. The Bertz CT molecular complexity index is 389. The second-order valence-electron chi connectivity index (χ2n) is 4.30. The Morgan fingerprint density at radius 3 is 2.88 bits per heavy atom. The number of para-hydroxylation sites is 2. The summed E-state index contributed by atoms with van der Waals surface area (Å²) in [5.74, 6) is 1.50. The Kier molecular flexibility index (Phi) is 3.85. The molecule has 0 unspecified atom stereocenters. The van der Waals surface area contributed by atoms with Gasteiger partial charge in [-0.1, -0.05) is 12.1 Å². The number of nitrogens with one attached hydrogen (secondary N) is 2. The van der Waals surface area contributed by atoms with E-state index in [0.29, 0.717) is 5.92 Å². The van der Waals surface area contributed by atoms with Crippen LogP contribution in [0.4, 0.5) is 5.69 Å². The number of amides is 1. The highest BCUT2D eigenvalue weighted by atomic mass is 16.5. The van der Waals surface area contributed by atoms with Crippen LogP contribution in [0.2, 0.25) is 0 Å². The lowest BCUT2D eigenvalue weighted by molar-refractivity contribution is -0.119. The molecule has 1 aliphatic carbocycles. The van der Waals surface area contributed by atoms with Gasteiger partial charge in [-0.2, -0.15) is 0 Å². The van der Waals surface area contributed by atoms with Gasteiger partial charge in [-0.15, -0.1) is 0 Å². The van der Waals surface area contributed by atoms with Crippen molar-refractivity contribution in [1.82, 2.24) is 5.32 Å². The van der Waals surface area contributed by atoms with Gasteiger partial charge in [0.25, 0.3) is 0 Å². The minimum atomic E-state index is 0.0304. The van der Waals surface area contributed by atoms with E-state index in [9.17, 15) is 4.79 Å². The Morgan fingerprint density at radius 2 is 2.18 bits per heavy atom. The van der Waals surface area contributed by atoms with E-state index < -0.39 is 0 Å². The molecule has 4 heteroatoms. The van der Waals surface area contributed by atoms with Gasteiger partial charge in [-0.05, 0) is 30.9 Å². The van der Waals surface area contributed by atoms with Crippen LogP contribution in [0.1, 0.15) is 12.8 Å². The van der Waals surface area contributed by atoms with E-state index in [-0.39, 0.29) is 12.5 Å². The molecular weight excluding hydrogens is 216 g/mol. The van der Waals surface area contributed by atoms with Crippen LogP contribution < -0.4 is 15.4 Å². The van der Waals surface area contributed by atoms with Crippen molar-refractivity contribution in [1.29, 1.82) is 0 Å². The van der Waals surface area contributed by atoms with Crippen molar-refractivity contribution >= 4 is 11.6 Å². The van der Waals surface area contributed by atoms with E-state index in [4.69, 9.17) is 4.74 Å². The molecule has 1 aromatic carbocycles. The Balaban J connectivity index is 1.77. The number of ether oxygens (including phenoxy) is 1. The first kappa shape index (κ1) is 11.8. The van der Waals surface area contributed by atoms with Gasteiger partial charge < -0.3 is 15.4 Å². The molecule has 1 amide bonds. The van der Waals surface area contributed by atoms with E-state index >= 15 is 0 Å². The van der Waals surface area contributed by atoms with Gasteiger partial charge in [0.2, 0.25) is 5.91 Å². The van der Waals surface area contributed by atoms with E-state index in [1.54, 1.807) is 7.11 Å². The van der Waals surface area contributed by atoms with Crippen LogP contribution in [0.25, 0.3) is 0 Å². The standard InChI is InChI=1S/C13H18N2O2/c1-17-12-5-3-2-4-11(12)14-9-13(16)15-8-10-6-7-10/h2-5,10,14H,6-9H2,1H3,(H,15,16). The number of methoxy groups -OCH3 is 1. The van der Waals surface area contributed by atoms with Crippen molar-refractivity contribution in [3.05, 3.63) is 24.3 Å². The van der Waals surface area contributed by atoms with E-state index in [0.717, 1.165) is 18.0 Å². The topological polar surface area (TPSA) is 50.4 Å². The molecule has 4 nitrogen and oxygen atoms in total. The lowest BCUT2D eigenvalue weighted by atomic mass is 10.3. The molecule has 0 aliphatic heterocycles. The Hall–Kier alpha value is -1.71. The maximum atomic E-state index is 11.5. The van der Waals surface area contributed by atoms with Crippen molar-refractivity contribution in [3.63, 3.8) is 0 Å². The van der Waals surface area contributed by atoms with Crippen LogP contribution >= 0.6 is 0 Å². The lowest BCUT2D eigenvalue weighted by Gasteiger charge is -2.10. The van der Waals surface area contributed by atoms with Gasteiger partial charge in [0.15, 0.2) is 0 Å². The maximum Gasteiger partial charge on any atom is 0.239 e. The highest BCUT2D eigenvalue weighted by Gasteiger charge is 2.21. The zero-order valence-corrected chi connectivity index (χ0v) is 10.0. The average Bonchev–Trinajstić information content (AvgIpc) is 3.18. The fourth-order valence-electron chi connectivity index (χ4n) is 1.61. The fourth-order valence-corrected chi connectivity index (χ4v) is 1.61. The molecule has 0 atom stereocenters. The predicted octanol–water partition coefficient (Wildman–Crippen LogP) is 1.63. The molecule has 0 radical (unpaired) electrons. The molecule has 1 saturated carbocycles. The molecule has 2 rings (SSSR count). The first-order valence-electron chi connectivity index (χ1n) is 5.93. The first-order chi connectivity index (χ1) is 8.29. The number of carbonyl (C=O) groups excluding carboxylic acids is 1. The molecular formula is C13H18N2O2. The third kappa shape index (κ3) is 3.66. The van der Waals surface area contributed by atoms with Crippen molar-refractivity contribution in [2.75, 3.05) is 25.5 Å². The lowest BCUT2D eigenvalue weighted by Crippen LogP contribution is -2.31. The predicted molar refractivity (Wildman–Crippen MR) is 67.2 cm³/mol. The van der Waals surface area contributed by atoms with Gasteiger partial charge in [-0.25, -0.2) is 0 Å². The minimum absolute atomic E-state index is 0.0304. The fraction of sp³-hybridized carbons (Fsp3) is 0.462. The molecule has 0 bridgehead atoms. The van der Waals surface area contributed by atoms with Crippen LogP contribution in [0.5, 0.6) is 5.75 Å². The largest absolute Gasteiger partial charge is 0.495 e. The monoisotopic (exact) mass is 234 g/mol. The van der Waals surface area contributed by atoms with Crippen molar-refractivity contribution < 1.29 is 9.53 Å². The molecule has 17 heavy (non-hydrogen) atoms. The normalized spacial score (nSPS) is 14.2. The Labute approximate surface area is 101 Å². The van der Waals surface area contributed by atoms with Gasteiger partial charge in [-0.3, -0.25) is 4.79 Å². The minimum Gasteiger partial charge on any atom is -0.495 e. The number of benzene rings is 1. The highest BCUT2D eigenvalue weighted by Crippen LogP contribution is 2.27. The summed E-state index contributed by atoms with van der Waals surface area (Å²) in [6.07, 6.45) is 2.50. The van der Waals surface area contributed by atoms with Crippen LogP contribution in [0.3, 0.4) is 0 Å². The summed E-state index contributed by atoms with van der Waals surface area (Å²) in [6, 6.07) is 7.57. The third-order valence-electron chi connectivity index (χ3n) is 2.83. The summed E-state index contributed by atoms with van der Waals surface area (Å²) in [6.45, 7) is 1.10. The summed E-state index contributed by atoms with van der Waals surface area (Å²) in [7, 11) is 1.62. The third-order valence-corrected chi connectivity index (χ3v) is 2.83. The molecule has 1 aromatic rings. The summed E-state index contributed by atoms with van der Waals surface area (Å²) >= 11 is 0. The number of hydrogen-bond donors (Lipinski definition) is 2. The van der Waals surface area contributed by atoms with Crippen LogP contribution in [0.15, 0.2) is 24.3 Å². The van der Waals surface area contributed by atoms with Gasteiger partial charge in [0, 0.05) is 6.54 Å². The molecule has 92 valence electrons. The SMILES string of the molecule is COc1ccccc1NCC(=O)NCC1CC1. The second-order valence-corrected chi connectivity index (χ2v) is 4.30. The molecule has 0 aromatic heterocycles. The van der Waals surface area contributed by atoms with E-state index in [2.05, 4.69) is 10.6 Å². The van der Waals surface area contributed by atoms with Crippen LogP contribution in [0, 0.1) is 5.92 Å². The average molecular weight is 234 g/mol. The van der Waals surface area contributed by atoms with Gasteiger partial charge >= 0.3 is 0 Å². The molecule has 2 N–H and O–H groups in total. The number of carbonyl (C=O) groups is 1. The van der Waals surface area contributed by atoms with Crippen molar-refractivity contribution in [3.8, 4) is 5.75 Å². The maximum absolute atomic E-state index is 11.5.